The molecular weight excluding hydrogens is 230 g/mol. The van der Waals surface area contributed by atoms with Crippen molar-refractivity contribution < 1.29 is 9.63 Å². The summed E-state index contributed by atoms with van der Waals surface area (Å²) in [4.78, 5) is 4.32. The number of nitrogens with zero attached hydrogens (tertiary/aromatic N) is 3. The zero-order valence-electron chi connectivity index (χ0n) is 11.0. The van der Waals surface area contributed by atoms with E-state index in [0.29, 0.717) is 18.9 Å². The van der Waals surface area contributed by atoms with Gasteiger partial charge in [0.15, 0.2) is 5.82 Å². The lowest BCUT2D eigenvalue weighted by molar-refractivity contribution is 0.173. The van der Waals surface area contributed by atoms with Crippen molar-refractivity contribution in [3.63, 3.8) is 0 Å². The lowest BCUT2D eigenvalue weighted by atomic mass is 10.1. The van der Waals surface area contributed by atoms with E-state index in [4.69, 9.17) is 4.52 Å². The molecule has 2 aromatic rings. The molecule has 5 nitrogen and oxygen atoms in total. The van der Waals surface area contributed by atoms with Crippen molar-refractivity contribution in [1.82, 2.24) is 14.7 Å². The maximum Gasteiger partial charge on any atom is 0.246 e. The number of hydrogen-bond acceptors (Lipinski definition) is 4. The summed E-state index contributed by atoms with van der Waals surface area (Å²) in [6.07, 6.45) is 4.13. The van der Waals surface area contributed by atoms with Crippen molar-refractivity contribution in [2.75, 3.05) is 0 Å². The molecule has 0 saturated heterocycles. The van der Waals surface area contributed by atoms with Gasteiger partial charge in [-0.3, -0.25) is 0 Å². The van der Waals surface area contributed by atoms with Gasteiger partial charge in [-0.05, 0) is 18.1 Å². The minimum atomic E-state index is -0.403. The molecule has 0 aliphatic rings. The molecule has 0 fully saturated rings. The largest absolute Gasteiger partial charge is 0.388 e. The fourth-order valence-corrected chi connectivity index (χ4v) is 1.71. The molecule has 1 unspecified atom stereocenters. The Kier molecular flexibility index (Phi) is 3.81. The topological polar surface area (TPSA) is 64.1 Å². The first-order valence-electron chi connectivity index (χ1n) is 6.26. The van der Waals surface area contributed by atoms with E-state index in [9.17, 15) is 5.11 Å². The lowest BCUT2D eigenvalue weighted by Crippen LogP contribution is -1.98. The third-order valence-corrected chi connectivity index (χ3v) is 2.86. The molecule has 0 aromatic carbocycles. The van der Waals surface area contributed by atoms with E-state index in [0.717, 1.165) is 11.4 Å². The van der Waals surface area contributed by atoms with Crippen molar-refractivity contribution in [2.24, 2.45) is 0 Å². The highest BCUT2D eigenvalue weighted by atomic mass is 16.5. The first-order valence-corrected chi connectivity index (χ1v) is 6.26. The van der Waals surface area contributed by atoms with Gasteiger partial charge in [-0.2, -0.15) is 4.98 Å². The Hall–Kier alpha value is -1.62. The monoisotopic (exact) mass is 249 g/mol. The smallest absolute Gasteiger partial charge is 0.246 e. The molecule has 2 rings (SSSR count). The Balaban J connectivity index is 2.06. The minimum Gasteiger partial charge on any atom is -0.388 e. The van der Waals surface area contributed by atoms with Crippen LogP contribution in [0.15, 0.2) is 23.0 Å². The number of aliphatic hydroxyl groups excluding tert-OH is 1. The van der Waals surface area contributed by atoms with E-state index >= 15 is 0 Å². The van der Waals surface area contributed by atoms with Crippen LogP contribution in [0.25, 0.3) is 0 Å². The summed E-state index contributed by atoms with van der Waals surface area (Å²) in [5, 5.41) is 13.6. The van der Waals surface area contributed by atoms with Gasteiger partial charge in [0.25, 0.3) is 0 Å². The molecule has 2 heterocycles. The quantitative estimate of drug-likeness (QED) is 0.884. The molecule has 1 N–H and O–H groups in total. The van der Waals surface area contributed by atoms with Crippen molar-refractivity contribution in [1.29, 1.82) is 0 Å². The van der Waals surface area contributed by atoms with Crippen LogP contribution in [0.3, 0.4) is 0 Å². The molecule has 0 bridgehead atoms. The molecule has 0 radical (unpaired) electrons. The fraction of sp³-hybridized carbons (Fsp3) is 0.538. The van der Waals surface area contributed by atoms with E-state index in [2.05, 4.69) is 10.1 Å². The number of aromatic nitrogens is 3. The third-order valence-electron chi connectivity index (χ3n) is 2.86. The molecule has 0 aliphatic heterocycles. The summed E-state index contributed by atoms with van der Waals surface area (Å²) >= 11 is 0. The summed E-state index contributed by atoms with van der Waals surface area (Å²) < 4.78 is 7.12. The highest BCUT2D eigenvalue weighted by Crippen LogP contribution is 2.17. The molecule has 98 valence electrons. The molecular formula is C13H19N3O2. The highest BCUT2D eigenvalue weighted by molar-refractivity contribution is 5.13. The van der Waals surface area contributed by atoms with Gasteiger partial charge in [-0.1, -0.05) is 25.9 Å². The molecule has 1 atom stereocenters. The molecule has 2 aromatic heterocycles. The first kappa shape index (κ1) is 12.8. The van der Waals surface area contributed by atoms with Crippen LogP contribution < -0.4 is 0 Å². The Bertz CT molecular complexity index is 502. The Morgan fingerprint density at radius 1 is 1.44 bits per heavy atom. The first-order chi connectivity index (χ1) is 8.60. The minimum absolute atomic E-state index is 0.268. The van der Waals surface area contributed by atoms with Gasteiger partial charge in [0.2, 0.25) is 5.89 Å². The third kappa shape index (κ3) is 2.79. The normalized spacial score (nSPS) is 13.2. The number of hydrogen-bond donors (Lipinski definition) is 1. The van der Waals surface area contributed by atoms with Crippen molar-refractivity contribution in [3.05, 3.63) is 35.7 Å². The molecule has 0 saturated carbocycles. The Labute approximate surface area is 106 Å². The predicted molar refractivity (Wildman–Crippen MR) is 67.2 cm³/mol. The average molecular weight is 249 g/mol. The van der Waals surface area contributed by atoms with Gasteiger partial charge in [-0.25, -0.2) is 0 Å². The summed E-state index contributed by atoms with van der Waals surface area (Å²) in [5.74, 6) is 1.59. The van der Waals surface area contributed by atoms with E-state index in [-0.39, 0.29) is 5.92 Å². The van der Waals surface area contributed by atoms with Crippen LogP contribution in [-0.2, 0) is 6.54 Å². The van der Waals surface area contributed by atoms with Crippen LogP contribution in [0.1, 0.15) is 56.5 Å². The second-order valence-corrected chi connectivity index (χ2v) is 4.74. The van der Waals surface area contributed by atoms with Crippen LogP contribution >= 0.6 is 0 Å². The maximum atomic E-state index is 9.72. The molecule has 18 heavy (non-hydrogen) atoms. The number of rotatable bonds is 5. The Morgan fingerprint density at radius 3 is 2.83 bits per heavy atom. The molecule has 0 spiro atoms. The van der Waals surface area contributed by atoms with Gasteiger partial charge in [0.1, 0.15) is 6.54 Å². The zero-order valence-corrected chi connectivity index (χ0v) is 11.0. The van der Waals surface area contributed by atoms with E-state index in [1.165, 1.54) is 0 Å². The van der Waals surface area contributed by atoms with Crippen molar-refractivity contribution in [3.8, 4) is 0 Å². The van der Waals surface area contributed by atoms with E-state index in [1.807, 2.05) is 43.8 Å². The van der Waals surface area contributed by atoms with Crippen LogP contribution in [-0.4, -0.2) is 19.8 Å². The van der Waals surface area contributed by atoms with Crippen molar-refractivity contribution in [2.45, 2.75) is 45.8 Å². The SMILES string of the molecule is CCC(O)c1ccn(Cc2nc(C(C)C)no2)c1. The summed E-state index contributed by atoms with van der Waals surface area (Å²) in [5.41, 5.74) is 0.918. The predicted octanol–water partition coefficient (Wildman–Crippen LogP) is 2.49. The maximum absolute atomic E-state index is 9.72. The molecule has 5 heteroatoms. The van der Waals surface area contributed by atoms with Crippen molar-refractivity contribution >= 4 is 0 Å². The summed E-state index contributed by atoms with van der Waals surface area (Å²) in [6.45, 7) is 6.55. The van der Waals surface area contributed by atoms with Crippen LogP contribution in [0.2, 0.25) is 0 Å². The average Bonchev–Trinajstić information content (AvgIpc) is 2.98. The lowest BCUT2D eigenvalue weighted by Gasteiger charge is -2.03. The van der Waals surface area contributed by atoms with Gasteiger partial charge >= 0.3 is 0 Å². The second-order valence-electron chi connectivity index (χ2n) is 4.74. The molecule has 0 aliphatic carbocycles. The number of aliphatic hydroxyl groups is 1. The molecule has 0 amide bonds. The summed E-state index contributed by atoms with van der Waals surface area (Å²) in [6, 6.07) is 1.91. The van der Waals surface area contributed by atoms with Crippen LogP contribution in [0, 0.1) is 0 Å². The second kappa shape index (κ2) is 5.35. The highest BCUT2D eigenvalue weighted by Gasteiger charge is 2.11. The fourth-order valence-electron chi connectivity index (χ4n) is 1.71. The van der Waals surface area contributed by atoms with E-state index in [1.54, 1.807) is 0 Å². The van der Waals surface area contributed by atoms with Crippen LogP contribution in [0.4, 0.5) is 0 Å². The van der Waals surface area contributed by atoms with E-state index < -0.39 is 6.10 Å². The summed E-state index contributed by atoms with van der Waals surface area (Å²) in [7, 11) is 0. The van der Waals surface area contributed by atoms with Gasteiger partial charge in [-0.15, -0.1) is 0 Å². The van der Waals surface area contributed by atoms with Gasteiger partial charge in [0, 0.05) is 18.3 Å². The van der Waals surface area contributed by atoms with Gasteiger partial charge < -0.3 is 14.2 Å². The van der Waals surface area contributed by atoms with Gasteiger partial charge in [0.05, 0.1) is 6.10 Å². The Morgan fingerprint density at radius 2 is 2.22 bits per heavy atom. The zero-order chi connectivity index (χ0) is 13.1. The standard InChI is InChI=1S/C13H19N3O2/c1-4-11(17)10-5-6-16(7-10)8-12-14-13(9(2)3)15-18-12/h5-7,9,11,17H,4,8H2,1-3H3. The van der Waals surface area contributed by atoms with Crippen LogP contribution in [0.5, 0.6) is 0 Å².